The maximum atomic E-state index is 14.9. The molecule has 5 atom stereocenters. The SMILES string of the molecule is CC[C@@H](COC)NC(=O)[C@@H]1C(C)C(F)(F)CN1C(=O)[C@@H](O)C(Cc1ccccc1)NC(=O)c1cc(C)cc(O)c1C. The molecule has 1 heterocycles. The summed E-state index contributed by atoms with van der Waals surface area (Å²) in [7, 11) is 1.45. The minimum atomic E-state index is -3.38. The molecule has 1 saturated heterocycles. The Morgan fingerprint density at radius 1 is 1.15 bits per heavy atom. The third-order valence-corrected chi connectivity index (χ3v) is 7.63. The molecule has 2 aromatic carbocycles. The molecule has 1 aliphatic rings. The number of carbonyl (C=O) groups is 3. The van der Waals surface area contributed by atoms with Gasteiger partial charge < -0.3 is 30.5 Å². The predicted molar refractivity (Wildman–Crippen MR) is 149 cm³/mol. The Morgan fingerprint density at radius 2 is 1.80 bits per heavy atom. The van der Waals surface area contributed by atoms with Gasteiger partial charge in [0.25, 0.3) is 17.7 Å². The molecule has 11 heteroatoms. The number of methoxy groups -OCH3 is 1. The summed E-state index contributed by atoms with van der Waals surface area (Å²) in [4.78, 5) is 40.8. The lowest BCUT2D eigenvalue weighted by molar-refractivity contribution is -0.147. The number of phenolic OH excluding ortho intramolecular Hbond substituents is 1. The summed E-state index contributed by atoms with van der Waals surface area (Å²) < 4.78 is 34.9. The van der Waals surface area contributed by atoms with Crippen molar-refractivity contribution in [3.05, 3.63) is 64.7 Å². The lowest BCUT2D eigenvalue weighted by Crippen LogP contribution is -2.57. The zero-order valence-electron chi connectivity index (χ0n) is 24.0. The van der Waals surface area contributed by atoms with Gasteiger partial charge in [-0.15, -0.1) is 0 Å². The molecular formula is C30H39F2N3O6. The highest BCUT2D eigenvalue weighted by Gasteiger charge is 2.57. The van der Waals surface area contributed by atoms with Crippen molar-refractivity contribution >= 4 is 17.7 Å². The highest BCUT2D eigenvalue weighted by atomic mass is 19.3. The fraction of sp³-hybridized carbons (Fsp3) is 0.500. The number of aliphatic hydroxyl groups is 1. The Morgan fingerprint density at radius 3 is 2.41 bits per heavy atom. The van der Waals surface area contributed by atoms with Crippen LogP contribution in [-0.2, 0) is 20.7 Å². The van der Waals surface area contributed by atoms with E-state index in [0.717, 1.165) is 0 Å². The number of aryl methyl sites for hydroxylation is 1. The molecule has 3 rings (SSSR count). The van der Waals surface area contributed by atoms with Gasteiger partial charge in [0.1, 0.15) is 11.8 Å². The van der Waals surface area contributed by atoms with Gasteiger partial charge in [0.15, 0.2) is 6.10 Å². The van der Waals surface area contributed by atoms with Gasteiger partial charge in [-0.05, 0) is 49.9 Å². The topological polar surface area (TPSA) is 128 Å². The van der Waals surface area contributed by atoms with Gasteiger partial charge in [-0.3, -0.25) is 14.4 Å². The highest BCUT2D eigenvalue weighted by Crippen LogP contribution is 2.38. The van der Waals surface area contributed by atoms with E-state index >= 15 is 0 Å². The summed E-state index contributed by atoms with van der Waals surface area (Å²) in [5.74, 6) is -7.51. The number of alkyl halides is 2. The van der Waals surface area contributed by atoms with E-state index in [4.69, 9.17) is 4.74 Å². The number of nitrogens with one attached hydrogen (secondary N) is 2. The van der Waals surface area contributed by atoms with Crippen molar-refractivity contribution in [1.82, 2.24) is 15.5 Å². The van der Waals surface area contributed by atoms with Crippen LogP contribution in [0.5, 0.6) is 5.75 Å². The first-order chi connectivity index (χ1) is 19.3. The minimum absolute atomic E-state index is 0.00126. The maximum absolute atomic E-state index is 14.9. The molecule has 0 spiro atoms. The second kappa shape index (κ2) is 13.4. The summed E-state index contributed by atoms with van der Waals surface area (Å²) in [5, 5.41) is 26.8. The minimum Gasteiger partial charge on any atom is -0.508 e. The second-order valence-electron chi connectivity index (χ2n) is 10.7. The molecule has 9 nitrogen and oxygen atoms in total. The van der Waals surface area contributed by atoms with Crippen LogP contribution in [0.4, 0.5) is 8.78 Å². The number of amides is 3. The highest BCUT2D eigenvalue weighted by molar-refractivity contribution is 5.97. The number of hydrogen-bond acceptors (Lipinski definition) is 6. The summed E-state index contributed by atoms with van der Waals surface area (Å²) >= 11 is 0. The zero-order chi connectivity index (χ0) is 30.5. The second-order valence-corrected chi connectivity index (χ2v) is 10.7. The van der Waals surface area contributed by atoms with Crippen LogP contribution in [-0.4, -0.2) is 83.2 Å². The summed E-state index contributed by atoms with van der Waals surface area (Å²) in [5.41, 5.74) is 1.74. The molecule has 2 aromatic rings. The van der Waals surface area contributed by atoms with E-state index in [1.165, 1.54) is 20.1 Å². The maximum Gasteiger partial charge on any atom is 0.270 e. The smallest absolute Gasteiger partial charge is 0.270 e. The summed E-state index contributed by atoms with van der Waals surface area (Å²) in [6, 6.07) is 8.60. The normalized spacial score (nSPS) is 20.2. The molecule has 41 heavy (non-hydrogen) atoms. The molecule has 224 valence electrons. The number of ether oxygens (including phenoxy) is 1. The average molecular weight is 576 g/mol. The van der Waals surface area contributed by atoms with Gasteiger partial charge in [-0.1, -0.05) is 44.2 Å². The molecule has 0 aliphatic carbocycles. The zero-order valence-corrected chi connectivity index (χ0v) is 24.0. The van der Waals surface area contributed by atoms with Crippen LogP contribution in [0.1, 0.15) is 47.3 Å². The number of aliphatic hydroxyl groups excluding tert-OH is 1. The van der Waals surface area contributed by atoms with Crippen LogP contribution < -0.4 is 10.6 Å². The van der Waals surface area contributed by atoms with E-state index < -0.39 is 60.3 Å². The molecule has 0 aromatic heterocycles. The van der Waals surface area contributed by atoms with Gasteiger partial charge in [0, 0.05) is 18.2 Å². The summed E-state index contributed by atoms with van der Waals surface area (Å²) in [6.45, 7) is 5.36. The first kappa shape index (κ1) is 32.0. The fourth-order valence-corrected chi connectivity index (χ4v) is 5.08. The number of halogens is 2. The number of aromatic hydroxyl groups is 1. The van der Waals surface area contributed by atoms with Crippen LogP contribution >= 0.6 is 0 Å². The van der Waals surface area contributed by atoms with E-state index in [1.54, 1.807) is 57.2 Å². The van der Waals surface area contributed by atoms with E-state index in [-0.39, 0.29) is 24.3 Å². The third-order valence-electron chi connectivity index (χ3n) is 7.63. The van der Waals surface area contributed by atoms with Crippen molar-refractivity contribution in [2.75, 3.05) is 20.3 Å². The van der Waals surface area contributed by atoms with E-state index in [1.807, 2.05) is 0 Å². The Kier molecular flexibility index (Phi) is 10.4. The van der Waals surface area contributed by atoms with Crippen molar-refractivity contribution < 1.29 is 38.1 Å². The van der Waals surface area contributed by atoms with Crippen LogP contribution in [0.2, 0.25) is 0 Å². The Balaban J connectivity index is 1.92. The average Bonchev–Trinajstić information content (AvgIpc) is 3.17. The van der Waals surface area contributed by atoms with Gasteiger partial charge >= 0.3 is 0 Å². The summed E-state index contributed by atoms with van der Waals surface area (Å²) in [6.07, 6.45) is -1.47. The van der Waals surface area contributed by atoms with Crippen molar-refractivity contribution in [3.8, 4) is 5.75 Å². The van der Waals surface area contributed by atoms with Gasteiger partial charge in [-0.2, -0.15) is 0 Å². The molecule has 1 aliphatic heterocycles. The van der Waals surface area contributed by atoms with E-state index in [9.17, 15) is 33.4 Å². The quantitative estimate of drug-likeness (QED) is 0.326. The van der Waals surface area contributed by atoms with Crippen LogP contribution in [0.15, 0.2) is 42.5 Å². The first-order valence-corrected chi connectivity index (χ1v) is 13.6. The number of nitrogens with zero attached hydrogens (tertiary/aromatic N) is 1. The predicted octanol–water partition coefficient (Wildman–Crippen LogP) is 2.73. The van der Waals surface area contributed by atoms with Crippen LogP contribution in [0.3, 0.4) is 0 Å². The number of carbonyl (C=O) groups excluding carboxylic acids is 3. The lowest BCUT2D eigenvalue weighted by atomic mass is 9.97. The molecule has 0 radical (unpaired) electrons. The van der Waals surface area contributed by atoms with Crippen molar-refractivity contribution in [2.24, 2.45) is 5.92 Å². The number of phenols is 1. The Bertz CT molecular complexity index is 1240. The van der Waals surface area contributed by atoms with Gasteiger partial charge in [0.2, 0.25) is 5.91 Å². The Hall–Kier alpha value is -3.57. The molecular weight excluding hydrogens is 536 g/mol. The van der Waals surface area contributed by atoms with Crippen molar-refractivity contribution in [3.63, 3.8) is 0 Å². The lowest BCUT2D eigenvalue weighted by Gasteiger charge is -2.31. The molecule has 3 amide bonds. The van der Waals surface area contributed by atoms with Gasteiger partial charge in [0.05, 0.1) is 31.2 Å². The third kappa shape index (κ3) is 7.39. The monoisotopic (exact) mass is 575 g/mol. The van der Waals surface area contributed by atoms with Crippen molar-refractivity contribution in [2.45, 2.75) is 70.7 Å². The molecule has 1 fully saturated rings. The van der Waals surface area contributed by atoms with Crippen LogP contribution in [0, 0.1) is 19.8 Å². The van der Waals surface area contributed by atoms with E-state index in [2.05, 4.69) is 10.6 Å². The van der Waals surface area contributed by atoms with E-state index in [0.29, 0.717) is 28.0 Å². The van der Waals surface area contributed by atoms with Gasteiger partial charge in [-0.25, -0.2) is 8.78 Å². The molecule has 2 unspecified atom stereocenters. The molecule has 0 bridgehead atoms. The van der Waals surface area contributed by atoms with Crippen LogP contribution in [0.25, 0.3) is 0 Å². The number of likely N-dealkylation sites (tertiary alicyclic amines) is 1. The standard InChI is InChI=1S/C30H39F2N3O6/c1-6-21(15-41-5)33-28(39)25-19(4)30(31,32)16-35(25)29(40)26(37)23(14-20-10-8-7-9-11-20)34-27(38)22-12-17(2)13-24(36)18(22)3/h7-13,19,21,23,25-26,36-37H,6,14-16H2,1-5H3,(H,33,39)(H,34,38)/t19?,21-,23?,25-,26-/m0/s1. The number of rotatable bonds is 11. The molecule has 4 N–H and O–H groups in total. The number of hydrogen-bond donors (Lipinski definition) is 4. The van der Waals surface area contributed by atoms with Crippen molar-refractivity contribution in [1.29, 1.82) is 0 Å². The Labute approximate surface area is 238 Å². The first-order valence-electron chi connectivity index (χ1n) is 13.6. The number of benzene rings is 2. The fourth-order valence-electron chi connectivity index (χ4n) is 5.08. The largest absolute Gasteiger partial charge is 0.508 e. The molecule has 0 saturated carbocycles.